The van der Waals surface area contributed by atoms with Gasteiger partial charge in [0.05, 0.1) is 6.04 Å². The fraction of sp³-hybridized carbons (Fsp3) is 0.719. The van der Waals surface area contributed by atoms with Crippen LogP contribution in [-0.4, -0.2) is 65.9 Å². The minimum absolute atomic E-state index is 0.0300. The summed E-state index contributed by atoms with van der Waals surface area (Å²) in [5.41, 5.74) is 6.82. The van der Waals surface area contributed by atoms with Gasteiger partial charge in [0.1, 0.15) is 12.1 Å². The third kappa shape index (κ3) is 9.61. The van der Waals surface area contributed by atoms with E-state index in [-0.39, 0.29) is 36.5 Å². The van der Waals surface area contributed by atoms with Gasteiger partial charge in [-0.05, 0) is 43.1 Å². The molecule has 43 heavy (non-hydrogen) atoms. The Morgan fingerprint density at radius 1 is 1.00 bits per heavy atom. The van der Waals surface area contributed by atoms with Gasteiger partial charge in [-0.3, -0.25) is 18.9 Å². The number of nitrogens with one attached hydrogen (secondary N) is 1. The zero-order chi connectivity index (χ0) is 31.6. The number of nitrogens with two attached hydrogens (primary N) is 1. The molecule has 1 aromatic carbocycles. The zero-order valence-electron chi connectivity index (χ0n) is 26.3. The molecule has 4 N–H and O–H groups in total. The number of aliphatic hydroxyl groups excluding tert-OH is 1. The normalized spacial score (nSPS) is 19.5. The van der Waals surface area contributed by atoms with Crippen molar-refractivity contribution in [2.75, 3.05) is 14.2 Å². The highest BCUT2D eigenvalue weighted by atomic mass is 31.2. The van der Waals surface area contributed by atoms with Gasteiger partial charge in [0.15, 0.2) is 5.85 Å². The molecule has 2 fully saturated rings. The third-order valence-corrected chi connectivity index (χ3v) is 11.1. The molecule has 11 heteroatoms. The number of aliphatic hydroxyl groups is 1. The highest BCUT2D eigenvalue weighted by Gasteiger charge is 2.48. The molecular formula is C32H52N3O7P. The summed E-state index contributed by atoms with van der Waals surface area (Å²) in [5, 5.41) is 14.7. The quantitative estimate of drug-likeness (QED) is 0.225. The van der Waals surface area contributed by atoms with E-state index in [1.807, 2.05) is 44.2 Å². The molecule has 2 aliphatic carbocycles. The van der Waals surface area contributed by atoms with Crippen LogP contribution in [0.3, 0.4) is 0 Å². The van der Waals surface area contributed by atoms with E-state index < -0.39 is 43.4 Å². The van der Waals surface area contributed by atoms with E-state index in [2.05, 4.69) is 5.32 Å². The molecular weight excluding hydrogens is 569 g/mol. The van der Waals surface area contributed by atoms with E-state index in [4.69, 9.17) is 14.8 Å². The fourth-order valence-corrected chi connectivity index (χ4v) is 7.98. The number of carbonyl (C=O) groups is 3. The van der Waals surface area contributed by atoms with Crippen molar-refractivity contribution in [2.24, 2.45) is 23.5 Å². The predicted molar refractivity (Wildman–Crippen MR) is 166 cm³/mol. The van der Waals surface area contributed by atoms with Gasteiger partial charge in [0, 0.05) is 26.6 Å². The maximum absolute atomic E-state index is 14.8. The molecule has 4 atom stereocenters. The summed E-state index contributed by atoms with van der Waals surface area (Å²) < 4.78 is 24.1. The van der Waals surface area contributed by atoms with Gasteiger partial charge in [-0.1, -0.05) is 89.1 Å². The lowest BCUT2D eigenvalue weighted by Gasteiger charge is -2.43. The van der Waals surface area contributed by atoms with Gasteiger partial charge in [0.2, 0.25) is 17.7 Å². The van der Waals surface area contributed by atoms with Crippen LogP contribution < -0.4 is 11.1 Å². The Hall–Kier alpha value is -2.26. The molecule has 3 rings (SSSR count). The van der Waals surface area contributed by atoms with Crippen LogP contribution in [0.15, 0.2) is 30.3 Å². The van der Waals surface area contributed by atoms with E-state index in [0.717, 1.165) is 63.4 Å². The van der Waals surface area contributed by atoms with Gasteiger partial charge in [-0.15, -0.1) is 0 Å². The Bertz CT molecular complexity index is 1080. The summed E-state index contributed by atoms with van der Waals surface area (Å²) in [7, 11) is -1.73. The largest absolute Gasteiger partial charge is 0.379 e. The van der Waals surface area contributed by atoms with E-state index >= 15 is 0 Å². The first-order chi connectivity index (χ1) is 20.5. The number of benzene rings is 1. The molecule has 0 saturated heterocycles. The van der Waals surface area contributed by atoms with Crippen molar-refractivity contribution in [3.63, 3.8) is 0 Å². The lowest BCUT2D eigenvalue weighted by molar-refractivity contribution is -0.148. The molecule has 0 radical (unpaired) electrons. The topological polar surface area (TPSA) is 148 Å². The standard InChI is InChI=1S/C32H52N3O7P/c1-22(2)19-27(29(33)36)35(28(21-24-15-9-6-10-16-24)32(39)43(40,41-3)42-4)31(38)26(20-23-13-7-5-8-14-23)34-30(37)25-17-11-12-18-25/h5,7-8,13-14,22,24-28,32,39H,6,9-12,15-21H2,1-4H3,(H2,33,36)(H,34,37)/t26-,27-,28?,32?/m0/s1. The zero-order valence-corrected chi connectivity index (χ0v) is 27.2. The van der Waals surface area contributed by atoms with Crippen molar-refractivity contribution in [1.29, 1.82) is 0 Å². The number of carbonyl (C=O) groups excluding carboxylic acids is 3. The van der Waals surface area contributed by atoms with Crippen molar-refractivity contribution in [3.8, 4) is 0 Å². The first-order valence-corrected chi connectivity index (χ1v) is 17.5. The second-order valence-electron chi connectivity index (χ2n) is 12.7. The minimum Gasteiger partial charge on any atom is -0.379 e. The maximum Gasteiger partial charge on any atom is 0.360 e. The third-order valence-electron chi connectivity index (χ3n) is 9.07. The Morgan fingerprint density at radius 3 is 2.12 bits per heavy atom. The summed E-state index contributed by atoms with van der Waals surface area (Å²) in [4.78, 5) is 42.7. The lowest BCUT2D eigenvalue weighted by atomic mass is 9.83. The number of primary amides is 1. The van der Waals surface area contributed by atoms with Crippen molar-refractivity contribution in [2.45, 2.75) is 115 Å². The molecule has 10 nitrogen and oxygen atoms in total. The van der Waals surface area contributed by atoms with Crippen LogP contribution in [0.2, 0.25) is 0 Å². The van der Waals surface area contributed by atoms with Gasteiger partial charge < -0.3 is 30.1 Å². The second-order valence-corrected chi connectivity index (χ2v) is 15.0. The van der Waals surface area contributed by atoms with Gasteiger partial charge in [0.25, 0.3) is 0 Å². The monoisotopic (exact) mass is 621 g/mol. The van der Waals surface area contributed by atoms with Crippen LogP contribution in [-0.2, 0) is 34.4 Å². The number of nitrogens with zero attached hydrogens (tertiary/aromatic N) is 1. The maximum atomic E-state index is 14.8. The smallest absolute Gasteiger partial charge is 0.360 e. The van der Waals surface area contributed by atoms with Crippen LogP contribution in [0.1, 0.15) is 90.0 Å². The molecule has 0 spiro atoms. The Labute approximate surface area is 257 Å². The van der Waals surface area contributed by atoms with Crippen LogP contribution in [0.25, 0.3) is 0 Å². The van der Waals surface area contributed by atoms with Crippen LogP contribution in [0.5, 0.6) is 0 Å². The molecule has 0 heterocycles. The summed E-state index contributed by atoms with van der Waals surface area (Å²) in [6.07, 6.45) is 9.01. The molecule has 1 aromatic rings. The second kappa shape index (κ2) is 16.7. The first-order valence-electron chi connectivity index (χ1n) is 15.9. The van der Waals surface area contributed by atoms with Gasteiger partial charge >= 0.3 is 7.60 Å². The summed E-state index contributed by atoms with van der Waals surface area (Å²) in [6.45, 7) is 3.84. The van der Waals surface area contributed by atoms with E-state index in [0.29, 0.717) is 6.42 Å². The molecule has 242 valence electrons. The molecule has 0 bridgehead atoms. The Kier molecular flexibility index (Phi) is 13.7. The average molecular weight is 622 g/mol. The SMILES string of the molecule is COP(=O)(OC)C(O)C(CC1CCCCC1)N(C(=O)[C@H](Cc1ccccc1)NC(=O)C1CCCC1)[C@@H](CC(C)C)C(N)=O. The van der Waals surface area contributed by atoms with Gasteiger partial charge in [-0.25, -0.2) is 0 Å². The summed E-state index contributed by atoms with van der Waals surface area (Å²) in [5.74, 6) is -3.30. The Balaban J connectivity index is 2.13. The Morgan fingerprint density at radius 2 is 1.58 bits per heavy atom. The molecule has 0 aromatic heterocycles. The van der Waals surface area contributed by atoms with E-state index in [1.165, 1.54) is 19.1 Å². The van der Waals surface area contributed by atoms with Crippen molar-refractivity contribution < 1.29 is 33.1 Å². The molecule has 2 unspecified atom stereocenters. The molecule has 3 amide bonds. The average Bonchev–Trinajstić information content (AvgIpc) is 3.55. The number of amides is 3. The van der Waals surface area contributed by atoms with Crippen LogP contribution >= 0.6 is 7.60 Å². The fourth-order valence-electron chi connectivity index (χ4n) is 6.71. The van der Waals surface area contributed by atoms with Gasteiger partial charge in [-0.2, -0.15) is 0 Å². The number of rotatable bonds is 16. The first kappa shape index (κ1) is 35.2. The van der Waals surface area contributed by atoms with Crippen LogP contribution in [0, 0.1) is 17.8 Å². The lowest BCUT2D eigenvalue weighted by Crippen LogP contribution is -2.62. The highest BCUT2D eigenvalue weighted by Crippen LogP contribution is 2.53. The minimum atomic E-state index is -4.11. The molecule has 2 aliphatic rings. The van der Waals surface area contributed by atoms with Crippen molar-refractivity contribution >= 4 is 25.3 Å². The summed E-state index contributed by atoms with van der Waals surface area (Å²) in [6, 6.07) is 6.12. The number of hydrogen-bond acceptors (Lipinski definition) is 7. The van der Waals surface area contributed by atoms with Crippen LogP contribution in [0.4, 0.5) is 0 Å². The predicted octanol–water partition coefficient (Wildman–Crippen LogP) is 4.78. The highest BCUT2D eigenvalue weighted by molar-refractivity contribution is 7.54. The van der Waals surface area contributed by atoms with Crippen molar-refractivity contribution in [1.82, 2.24) is 10.2 Å². The van der Waals surface area contributed by atoms with E-state index in [9.17, 15) is 24.1 Å². The molecule has 2 saturated carbocycles. The molecule has 0 aliphatic heterocycles. The van der Waals surface area contributed by atoms with E-state index in [1.54, 1.807) is 0 Å². The van der Waals surface area contributed by atoms with Crippen molar-refractivity contribution in [3.05, 3.63) is 35.9 Å². The number of hydrogen-bond donors (Lipinski definition) is 3. The summed E-state index contributed by atoms with van der Waals surface area (Å²) >= 11 is 0.